The van der Waals surface area contributed by atoms with Crippen LogP contribution in [0.25, 0.3) is 22.3 Å². The molecule has 12 N–H and O–H groups in total. The van der Waals surface area contributed by atoms with Crippen molar-refractivity contribution in [2.45, 2.75) is 86.0 Å². The molecule has 20 heteroatoms. The van der Waals surface area contributed by atoms with E-state index in [1.807, 2.05) is 0 Å². The molecular weight excluding hydrogens is 704 g/mol. The lowest BCUT2D eigenvalue weighted by Gasteiger charge is -2.45. The van der Waals surface area contributed by atoms with Gasteiger partial charge in [-0.3, -0.25) is 4.79 Å². The van der Waals surface area contributed by atoms with Gasteiger partial charge in [-0.2, -0.15) is 0 Å². The SMILES string of the molecule is O=c1c(OC2OC(COC3OC(CO)C(O)C(O)C3O)C(O)C(O)C2OC2OCC(O)C(O)C2O)c(-c2ccc(O)cc2)oc2cc(O)cc(O)c12. The molecule has 14 unspecified atom stereocenters. The molecule has 3 aliphatic rings. The third kappa shape index (κ3) is 7.27. The fraction of sp³-hybridized carbons (Fsp3) is 0.531. The summed E-state index contributed by atoms with van der Waals surface area (Å²) in [6.07, 6.45) is -24.8. The Morgan fingerprint density at radius 2 is 1.37 bits per heavy atom. The van der Waals surface area contributed by atoms with E-state index >= 15 is 0 Å². The second-order valence-electron chi connectivity index (χ2n) is 12.5. The first kappa shape index (κ1) is 38.0. The fourth-order valence-electron chi connectivity index (χ4n) is 6.03. The Bertz CT molecular complexity index is 1750. The first-order valence-electron chi connectivity index (χ1n) is 15.9. The molecule has 2 aromatic carbocycles. The van der Waals surface area contributed by atoms with Crippen LogP contribution in [-0.4, -0.2) is 167 Å². The van der Waals surface area contributed by atoms with E-state index in [9.17, 15) is 66.1 Å². The normalized spacial score (nSPS) is 36.9. The molecule has 0 radical (unpaired) electrons. The minimum atomic E-state index is -2.03. The van der Waals surface area contributed by atoms with Gasteiger partial charge in [-0.15, -0.1) is 0 Å². The smallest absolute Gasteiger partial charge is 0.239 e. The van der Waals surface area contributed by atoms with E-state index in [0.29, 0.717) is 0 Å². The van der Waals surface area contributed by atoms with Gasteiger partial charge in [-0.1, -0.05) is 0 Å². The third-order valence-corrected chi connectivity index (χ3v) is 8.94. The van der Waals surface area contributed by atoms with Crippen LogP contribution in [0.15, 0.2) is 45.6 Å². The van der Waals surface area contributed by atoms with Gasteiger partial charge in [0.1, 0.15) is 89.3 Å². The van der Waals surface area contributed by atoms with Crippen molar-refractivity contribution < 1.29 is 94.1 Å². The monoisotopic (exact) mass is 742 g/mol. The molecule has 52 heavy (non-hydrogen) atoms. The van der Waals surface area contributed by atoms with Crippen LogP contribution < -0.4 is 10.2 Å². The van der Waals surface area contributed by atoms with Crippen LogP contribution in [0.2, 0.25) is 0 Å². The van der Waals surface area contributed by atoms with Gasteiger partial charge in [0.05, 0.1) is 19.8 Å². The van der Waals surface area contributed by atoms with Gasteiger partial charge in [0.2, 0.25) is 17.5 Å². The quantitative estimate of drug-likeness (QED) is 0.0995. The number of hydrogen-bond acceptors (Lipinski definition) is 20. The molecule has 14 atom stereocenters. The van der Waals surface area contributed by atoms with Gasteiger partial charge in [-0.25, -0.2) is 0 Å². The van der Waals surface area contributed by atoms with Gasteiger partial charge >= 0.3 is 0 Å². The van der Waals surface area contributed by atoms with Gasteiger partial charge in [-0.05, 0) is 24.3 Å². The molecule has 20 nitrogen and oxygen atoms in total. The predicted molar refractivity (Wildman–Crippen MR) is 167 cm³/mol. The summed E-state index contributed by atoms with van der Waals surface area (Å²) in [5.41, 5.74) is -1.21. The van der Waals surface area contributed by atoms with Crippen molar-refractivity contribution in [2.24, 2.45) is 0 Å². The van der Waals surface area contributed by atoms with Crippen molar-refractivity contribution in [3.05, 3.63) is 46.6 Å². The lowest BCUT2D eigenvalue weighted by Crippen LogP contribution is -2.64. The molecule has 0 aliphatic carbocycles. The summed E-state index contributed by atoms with van der Waals surface area (Å²) >= 11 is 0. The maximum atomic E-state index is 14.0. The van der Waals surface area contributed by atoms with Crippen molar-refractivity contribution in [1.82, 2.24) is 0 Å². The number of phenolic OH excluding ortho intramolecular Hbond substituents is 3. The molecule has 4 heterocycles. The Kier molecular flexibility index (Phi) is 11.2. The van der Waals surface area contributed by atoms with Crippen molar-refractivity contribution in [3.8, 4) is 34.3 Å². The number of aromatic hydroxyl groups is 3. The number of aliphatic hydroxyl groups excluding tert-OH is 9. The Balaban J connectivity index is 1.37. The average molecular weight is 743 g/mol. The van der Waals surface area contributed by atoms with Crippen molar-refractivity contribution in [1.29, 1.82) is 0 Å². The van der Waals surface area contributed by atoms with Gasteiger partial charge < -0.3 is 94.1 Å². The number of fused-ring (bicyclic) bond motifs is 1. The Hall–Kier alpha value is -3.71. The Labute approximate surface area is 292 Å². The highest BCUT2D eigenvalue weighted by Gasteiger charge is 2.51. The van der Waals surface area contributed by atoms with Crippen LogP contribution >= 0.6 is 0 Å². The second-order valence-corrected chi connectivity index (χ2v) is 12.5. The van der Waals surface area contributed by atoms with Gasteiger partial charge in [0.25, 0.3) is 0 Å². The minimum Gasteiger partial charge on any atom is -0.508 e. The molecule has 3 fully saturated rings. The lowest BCUT2D eigenvalue weighted by atomic mass is 9.98. The molecule has 0 bridgehead atoms. The molecule has 6 rings (SSSR count). The number of rotatable bonds is 9. The van der Waals surface area contributed by atoms with E-state index in [2.05, 4.69) is 0 Å². The minimum absolute atomic E-state index is 0.120. The van der Waals surface area contributed by atoms with Crippen LogP contribution in [-0.2, 0) is 23.7 Å². The fourth-order valence-corrected chi connectivity index (χ4v) is 6.03. The first-order valence-corrected chi connectivity index (χ1v) is 15.9. The lowest BCUT2D eigenvalue weighted by molar-refractivity contribution is -0.353. The molecular formula is C32H38O20. The van der Waals surface area contributed by atoms with Gasteiger partial charge in [0, 0.05) is 17.7 Å². The summed E-state index contributed by atoms with van der Waals surface area (Å²) in [5.74, 6) is -2.36. The summed E-state index contributed by atoms with van der Waals surface area (Å²) in [6.45, 7) is -2.03. The molecule has 286 valence electrons. The average Bonchev–Trinajstić information content (AvgIpc) is 3.11. The summed E-state index contributed by atoms with van der Waals surface area (Å²) in [6, 6.07) is 7.07. The van der Waals surface area contributed by atoms with E-state index in [0.717, 1.165) is 12.1 Å². The van der Waals surface area contributed by atoms with Crippen LogP contribution in [0.1, 0.15) is 0 Å². The summed E-state index contributed by atoms with van der Waals surface area (Å²) in [7, 11) is 0. The molecule has 3 aromatic rings. The zero-order valence-electron chi connectivity index (χ0n) is 26.8. The van der Waals surface area contributed by atoms with Gasteiger partial charge in [0.15, 0.2) is 24.4 Å². The third-order valence-electron chi connectivity index (χ3n) is 8.94. The molecule has 0 saturated carbocycles. The highest BCUT2D eigenvalue weighted by Crippen LogP contribution is 2.38. The standard InChI is InChI=1S/C32H38O20/c33-7-16-20(39)23(42)26(45)30(49-16)47-9-17-21(40)24(43)29(52-31-25(44)19(38)14(37)8-46-31)32(50-17)51-28-22(41)18-13(36)5-12(35)6-15(18)48-27(28)10-1-3-11(34)4-2-10/h1-6,14,16-17,19-21,23-26,29-40,42-45H,7-9H2. The van der Waals surface area contributed by atoms with Crippen molar-refractivity contribution in [3.63, 3.8) is 0 Å². The van der Waals surface area contributed by atoms with E-state index < -0.39 is 134 Å². The van der Waals surface area contributed by atoms with E-state index in [-0.39, 0.29) is 22.7 Å². The first-order chi connectivity index (χ1) is 24.7. The molecule has 0 spiro atoms. The van der Waals surface area contributed by atoms with Crippen LogP contribution in [0, 0.1) is 0 Å². The zero-order valence-corrected chi connectivity index (χ0v) is 26.8. The molecule has 3 saturated heterocycles. The summed E-state index contributed by atoms with van der Waals surface area (Å²) in [5, 5.41) is 123. The van der Waals surface area contributed by atoms with E-state index in [1.165, 1.54) is 24.3 Å². The number of aliphatic hydroxyl groups is 9. The predicted octanol–water partition coefficient (Wildman–Crippen LogP) is -3.96. The number of phenols is 3. The Morgan fingerprint density at radius 1 is 0.712 bits per heavy atom. The van der Waals surface area contributed by atoms with E-state index in [1.54, 1.807) is 0 Å². The maximum absolute atomic E-state index is 14.0. The molecule has 0 amide bonds. The van der Waals surface area contributed by atoms with Crippen LogP contribution in [0.3, 0.4) is 0 Å². The highest BCUT2D eigenvalue weighted by atomic mass is 16.8. The van der Waals surface area contributed by atoms with Crippen LogP contribution in [0.5, 0.6) is 23.0 Å². The zero-order chi connectivity index (χ0) is 37.6. The summed E-state index contributed by atoms with van der Waals surface area (Å²) in [4.78, 5) is 14.0. The second kappa shape index (κ2) is 15.3. The number of benzene rings is 2. The largest absolute Gasteiger partial charge is 0.508 e. The van der Waals surface area contributed by atoms with Crippen molar-refractivity contribution >= 4 is 11.0 Å². The highest BCUT2D eigenvalue weighted by molar-refractivity contribution is 5.88. The summed E-state index contributed by atoms with van der Waals surface area (Å²) < 4.78 is 39.7. The molecule has 3 aliphatic heterocycles. The number of ether oxygens (including phenoxy) is 6. The topological polar surface area (TPSA) is 328 Å². The van der Waals surface area contributed by atoms with E-state index in [4.69, 9.17) is 32.8 Å². The maximum Gasteiger partial charge on any atom is 0.239 e. The Morgan fingerprint density at radius 3 is 2.06 bits per heavy atom. The van der Waals surface area contributed by atoms with Crippen LogP contribution in [0.4, 0.5) is 0 Å². The number of hydrogen-bond donors (Lipinski definition) is 12. The molecule has 1 aromatic heterocycles. The van der Waals surface area contributed by atoms with Crippen molar-refractivity contribution in [2.75, 3.05) is 19.8 Å².